The van der Waals surface area contributed by atoms with E-state index in [0.717, 1.165) is 61.3 Å². The van der Waals surface area contributed by atoms with Crippen molar-refractivity contribution in [2.24, 2.45) is 0 Å². The molecule has 2 fully saturated rings. The summed E-state index contributed by atoms with van der Waals surface area (Å²) in [4.78, 5) is 5.02. The minimum atomic E-state index is -0.0542. The molecule has 2 saturated heterocycles. The molecule has 0 saturated carbocycles. The van der Waals surface area contributed by atoms with Crippen LogP contribution in [0.4, 0.5) is 0 Å². The second-order valence-electron chi connectivity index (χ2n) is 9.08. The van der Waals surface area contributed by atoms with Crippen molar-refractivity contribution in [1.29, 1.82) is 0 Å². The molecular formula is C26H36N2O4S. The normalized spacial score (nSPS) is 18.5. The van der Waals surface area contributed by atoms with Gasteiger partial charge in [0.1, 0.15) is 0 Å². The summed E-state index contributed by atoms with van der Waals surface area (Å²) in [6.07, 6.45) is 5.39. The lowest BCUT2D eigenvalue weighted by Crippen LogP contribution is -2.50. The number of hydrogen-bond donors (Lipinski definition) is 4. The van der Waals surface area contributed by atoms with Crippen LogP contribution in [-0.4, -0.2) is 67.2 Å². The van der Waals surface area contributed by atoms with Gasteiger partial charge in [0.25, 0.3) is 0 Å². The maximum atomic E-state index is 10.4. The molecule has 0 aromatic heterocycles. The quantitative estimate of drug-likeness (QED) is 0.385. The van der Waals surface area contributed by atoms with Gasteiger partial charge in [0.15, 0.2) is 23.0 Å². The molecule has 6 nitrogen and oxygen atoms in total. The smallest absolute Gasteiger partial charge is 0.160 e. The van der Waals surface area contributed by atoms with Crippen LogP contribution >= 0.6 is 11.8 Å². The number of hydrogen-bond acceptors (Lipinski definition) is 7. The monoisotopic (exact) mass is 472 g/mol. The second kappa shape index (κ2) is 10.5. The van der Waals surface area contributed by atoms with Crippen LogP contribution in [0.3, 0.4) is 0 Å². The number of rotatable bonds is 10. The molecule has 2 atom stereocenters. The fourth-order valence-corrected chi connectivity index (χ4v) is 6.52. The molecule has 33 heavy (non-hydrogen) atoms. The van der Waals surface area contributed by atoms with Gasteiger partial charge in [-0.25, -0.2) is 0 Å². The van der Waals surface area contributed by atoms with Gasteiger partial charge in [-0.05, 0) is 61.8 Å². The van der Waals surface area contributed by atoms with Gasteiger partial charge in [-0.2, -0.15) is 0 Å². The summed E-state index contributed by atoms with van der Waals surface area (Å²) in [5, 5.41) is 41.3. The Morgan fingerprint density at radius 1 is 0.697 bits per heavy atom. The van der Waals surface area contributed by atoms with Crippen LogP contribution in [0, 0.1) is 0 Å². The summed E-state index contributed by atoms with van der Waals surface area (Å²) in [7, 11) is 0. The molecule has 0 amide bonds. The first kappa shape index (κ1) is 24.0. The van der Waals surface area contributed by atoms with Crippen LogP contribution in [0.5, 0.6) is 23.0 Å². The molecule has 0 bridgehead atoms. The average molecular weight is 473 g/mol. The minimum Gasteiger partial charge on any atom is -0.504 e. The number of nitrogens with zero attached hydrogens (tertiary/aromatic N) is 2. The molecule has 2 unspecified atom stereocenters. The maximum absolute atomic E-state index is 10.4. The molecule has 0 spiro atoms. The first-order valence-electron chi connectivity index (χ1n) is 12.1. The van der Waals surface area contributed by atoms with Crippen LogP contribution in [0.2, 0.25) is 0 Å². The van der Waals surface area contributed by atoms with Crippen LogP contribution in [0.15, 0.2) is 24.3 Å². The molecule has 4 rings (SSSR count). The summed E-state index contributed by atoms with van der Waals surface area (Å²) in [6.45, 7) is 8.34. The highest BCUT2D eigenvalue weighted by molar-refractivity contribution is 8.00. The fourth-order valence-electron chi connectivity index (χ4n) is 4.84. The third-order valence-electron chi connectivity index (χ3n) is 7.12. The highest BCUT2D eigenvalue weighted by atomic mass is 32.2. The van der Waals surface area contributed by atoms with E-state index in [1.54, 1.807) is 12.1 Å². The van der Waals surface area contributed by atoms with E-state index in [4.69, 9.17) is 0 Å². The molecule has 0 radical (unpaired) electrons. The van der Waals surface area contributed by atoms with Gasteiger partial charge >= 0.3 is 0 Å². The van der Waals surface area contributed by atoms with Crippen molar-refractivity contribution >= 4 is 11.8 Å². The number of aromatic hydroxyl groups is 4. The Morgan fingerprint density at radius 3 is 1.39 bits per heavy atom. The number of benzene rings is 2. The molecule has 2 aromatic carbocycles. The largest absolute Gasteiger partial charge is 0.504 e. The van der Waals surface area contributed by atoms with Gasteiger partial charge in [0.05, 0.1) is 10.7 Å². The Labute approximate surface area is 200 Å². The van der Waals surface area contributed by atoms with Crippen LogP contribution in [0.1, 0.15) is 48.9 Å². The molecule has 7 heteroatoms. The predicted octanol–water partition coefficient (Wildman–Crippen LogP) is 4.22. The highest BCUT2D eigenvalue weighted by Gasteiger charge is 2.33. The molecule has 2 aromatic rings. The summed E-state index contributed by atoms with van der Waals surface area (Å²) >= 11 is 1.97. The molecule has 2 aliphatic heterocycles. The van der Waals surface area contributed by atoms with E-state index in [-0.39, 0.29) is 33.7 Å². The average Bonchev–Trinajstić information content (AvgIpc) is 2.71. The van der Waals surface area contributed by atoms with Gasteiger partial charge in [-0.1, -0.05) is 26.0 Å². The zero-order valence-corrected chi connectivity index (χ0v) is 20.4. The summed E-state index contributed by atoms with van der Waals surface area (Å²) in [6, 6.07) is 7.10. The summed E-state index contributed by atoms with van der Waals surface area (Å²) < 4.78 is 0. The van der Waals surface area contributed by atoms with Crippen molar-refractivity contribution in [2.45, 2.75) is 63.1 Å². The third kappa shape index (κ3) is 5.05. The molecular weight excluding hydrogens is 436 g/mol. The Kier molecular flexibility index (Phi) is 7.62. The number of phenols is 4. The third-order valence-corrected chi connectivity index (χ3v) is 8.68. The second-order valence-corrected chi connectivity index (χ2v) is 10.4. The van der Waals surface area contributed by atoms with Crippen LogP contribution in [-0.2, 0) is 25.7 Å². The van der Waals surface area contributed by atoms with Crippen molar-refractivity contribution < 1.29 is 20.4 Å². The van der Waals surface area contributed by atoms with E-state index < -0.39 is 0 Å². The van der Waals surface area contributed by atoms with E-state index in [0.29, 0.717) is 12.8 Å². The molecule has 180 valence electrons. The maximum Gasteiger partial charge on any atom is 0.160 e. The van der Waals surface area contributed by atoms with Gasteiger partial charge in [-0.15, -0.1) is 11.8 Å². The van der Waals surface area contributed by atoms with E-state index in [9.17, 15) is 20.4 Å². The molecule has 2 heterocycles. The standard InChI is InChI=1S/C26H36N2O4S/c1-3-19-17(7-9-21(29)25(19)31)15-23(27-11-5-12-27)33-24(28-13-6-14-28)16-18-8-10-22(30)26(32)20(18)4-2/h7-10,23-24,29-32H,3-6,11-16H2,1-2H3. The summed E-state index contributed by atoms with van der Waals surface area (Å²) in [5.41, 5.74) is 3.85. The SMILES string of the molecule is CCc1c(CC(SC(Cc2ccc(O)c(O)c2CC)N2CCC2)N2CCC2)ccc(O)c1O. The lowest BCUT2D eigenvalue weighted by Gasteiger charge is -2.44. The van der Waals surface area contributed by atoms with E-state index >= 15 is 0 Å². The van der Waals surface area contributed by atoms with Gasteiger partial charge in [0, 0.05) is 37.3 Å². The molecule has 2 aliphatic rings. The van der Waals surface area contributed by atoms with Crippen molar-refractivity contribution in [2.75, 3.05) is 26.2 Å². The Balaban J connectivity index is 1.59. The first-order valence-corrected chi connectivity index (χ1v) is 13.1. The van der Waals surface area contributed by atoms with Crippen molar-refractivity contribution in [3.63, 3.8) is 0 Å². The van der Waals surface area contributed by atoms with Gasteiger partial charge in [0.2, 0.25) is 0 Å². The lowest BCUT2D eigenvalue weighted by molar-refractivity contribution is 0.149. The Bertz CT molecular complexity index is 898. The summed E-state index contributed by atoms with van der Waals surface area (Å²) in [5.74, 6) is -0.0921. The van der Waals surface area contributed by atoms with Crippen molar-refractivity contribution in [1.82, 2.24) is 9.80 Å². The molecule has 0 aliphatic carbocycles. The van der Waals surface area contributed by atoms with E-state index in [2.05, 4.69) is 9.80 Å². The van der Waals surface area contributed by atoms with Gasteiger partial charge in [-0.3, -0.25) is 9.80 Å². The zero-order valence-electron chi connectivity index (χ0n) is 19.6. The first-order chi connectivity index (χ1) is 15.9. The Hall–Kier alpha value is -2.09. The van der Waals surface area contributed by atoms with E-state index in [1.165, 1.54) is 12.8 Å². The zero-order chi connectivity index (χ0) is 23.5. The number of phenolic OH excluding ortho intramolecular Hbond substituents is 4. The van der Waals surface area contributed by atoms with E-state index in [1.807, 2.05) is 37.7 Å². The minimum absolute atomic E-state index is 0.00816. The van der Waals surface area contributed by atoms with Crippen LogP contribution in [0.25, 0.3) is 0 Å². The highest BCUT2D eigenvalue weighted by Crippen LogP contribution is 2.39. The van der Waals surface area contributed by atoms with Crippen molar-refractivity contribution in [3.05, 3.63) is 46.5 Å². The predicted molar refractivity (Wildman–Crippen MR) is 133 cm³/mol. The molecule has 4 N–H and O–H groups in total. The Morgan fingerprint density at radius 2 is 1.09 bits per heavy atom. The van der Waals surface area contributed by atoms with Gasteiger partial charge < -0.3 is 20.4 Å². The lowest BCUT2D eigenvalue weighted by atomic mass is 9.99. The number of likely N-dealkylation sites (tertiary alicyclic amines) is 2. The number of thioether (sulfide) groups is 1. The fraction of sp³-hybridized carbons (Fsp3) is 0.538. The topological polar surface area (TPSA) is 87.4 Å². The van der Waals surface area contributed by atoms with Crippen LogP contribution < -0.4 is 0 Å². The van der Waals surface area contributed by atoms with Crippen molar-refractivity contribution in [3.8, 4) is 23.0 Å².